The molecule has 86 valence electrons. The van der Waals surface area contributed by atoms with E-state index in [2.05, 4.69) is 41.5 Å². The van der Waals surface area contributed by atoms with Gasteiger partial charge in [0.2, 0.25) is 5.91 Å². The summed E-state index contributed by atoms with van der Waals surface area (Å²) < 4.78 is 0.181. The van der Waals surface area contributed by atoms with E-state index in [9.17, 15) is 4.79 Å². The molecule has 0 aromatic heterocycles. The monoisotopic (exact) mass is 227 g/mol. The molecule has 1 heterocycles. The Kier molecular flexibility index (Phi) is 3.24. The minimum absolute atomic E-state index is 0.0756. The average Bonchev–Trinajstić information content (AvgIpc) is 2.25. The van der Waals surface area contributed by atoms with Crippen molar-refractivity contribution in [3.05, 3.63) is 11.0 Å². The summed E-state index contributed by atoms with van der Waals surface area (Å²) in [5.74, 6) is 0.147. The molecule has 2 nitrogen and oxygen atoms in total. The van der Waals surface area contributed by atoms with E-state index in [1.807, 2.05) is 4.90 Å². The molecule has 3 heteroatoms. The molecule has 1 aliphatic rings. The fraction of sp³-hybridized carbons (Fsp3) is 0.750. The van der Waals surface area contributed by atoms with Crippen LogP contribution in [0.3, 0.4) is 0 Å². The number of carbonyl (C=O) groups is 1. The van der Waals surface area contributed by atoms with Gasteiger partial charge in [-0.3, -0.25) is 4.79 Å². The minimum atomic E-state index is -0.0756. The Morgan fingerprint density at radius 1 is 1.20 bits per heavy atom. The topological polar surface area (TPSA) is 20.3 Å². The molecule has 0 radical (unpaired) electrons. The lowest BCUT2D eigenvalue weighted by Crippen LogP contribution is -2.42. The van der Waals surface area contributed by atoms with Crippen molar-refractivity contribution in [2.45, 2.75) is 51.8 Å². The van der Waals surface area contributed by atoms with E-state index in [4.69, 9.17) is 0 Å². The van der Waals surface area contributed by atoms with Gasteiger partial charge < -0.3 is 4.90 Å². The number of hydrogen-bond acceptors (Lipinski definition) is 2. The van der Waals surface area contributed by atoms with E-state index >= 15 is 0 Å². The van der Waals surface area contributed by atoms with Crippen molar-refractivity contribution in [1.82, 2.24) is 4.90 Å². The Balaban J connectivity index is 2.69. The highest BCUT2D eigenvalue weighted by Gasteiger charge is 2.32. The highest BCUT2D eigenvalue weighted by Crippen LogP contribution is 2.35. The zero-order chi connectivity index (χ0) is 11.9. The maximum Gasteiger partial charge on any atom is 0.248 e. The Labute approximate surface area is 97.1 Å². The fourth-order valence-corrected chi connectivity index (χ4v) is 2.66. The van der Waals surface area contributed by atoms with Gasteiger partial charge in [0.25, 0.3) is 0 Å². The molecular formula is C12H21NOS. The molecule has 0 bridgehead atoms. The fourth-order valence-electron chi connectivity index (χ4n) is 1.52. The second kappa shape index (κ2) is 3.85. The van der Waals surface area contributed by atoms with Crippen molar-refractivity contribution < 1.29 is 4.79 Å². The summed E-state index contributed by atoms with van der Waals surface area (Å²) >= 11 is 1.79. The molecule has 0 fully saturated rings. The van der Waals surface area contributed by atoms with E-state index in [0.29, 0.717) is 0 Å². The normalized spacial score (nSPS) is 18.4. The number of carbonyl (C=O) groups excluding carboxylic acids is 1. The molecule has 0 aromatic carbocycles. The minimum Gasteiger partial charge on any atom is -0.329 e. The van der Waals surface area contributed by atoms with Crippen molar-refractivity contribution >= 4 is 17.7 Å². The number of thioether (sulfide) groups is 1. The molecule has 1 aliphatic heterocycles. The van der Waals surface area contributed by atoms with E-state index in [0.717, 1.165) is 6.54 Å². The first-order valence-electron chi connectivity index (χ1n) is 5.31. The first-order valence-corrected chi connectivity index (χ1v) is 6.12. The zero-order valence-corrected chi connectivity index (χ0v) is 11.4. The molecule has 0 N–H and O–H groups in total. The molecule has 0 atom stereocenters. The van der Waals surface area contributed by atoms with Crippen LogP contribution in [-0.2, 0) is 4.79 Å². The summed E-state index contributed by atoms with van der Waals surface area (Å²) in [6.07, 6.45) is 1.78. The van der Waals surface area contributed by atoms with Crippen LogP contribution in [0.2, 0.25) is 0 Å². The van der Waals surface area contributed by atoms with Crippen LogP contribution >= 0.6 is 11.8 Å². The first-order chi connectivity index (χ1) is 6.59. The third-order valence-electron chi connectivity index (χ3n) is 2.11. The lowest BCUT2D eigenvalue weighted by Gasteiger charge is -2.32. The Bertz CT molecular complexity index is 294. The van der Waals surface area contributed by atoms with E-state index in [1.54, 1.807) is 17.8 Å². The van der Waals surface area contributed by atoms with Crippen LogP contribution < -0.4 is 0 Å². The molecule has 1 amide bonds. The van der Waals surface area contributed by atoms with E-state index < -0.39 is 0 Å². The van der Waals surface area contributed by atoms with Gasteiger partial charge in [-0.15, -0.1) is 11.8 Å². The van der Waals surface area contributed by atoms with Crippen LogP contribution in [-0.4, -0.2) is 27.6 Å². The van der Waals surface area contributed by atoms with Gasteiger partial charge >= 0.3 is 0 Å². The second-order valence-electron chi connectivity index (χ2n) is 5.92. The Morgan fingerprint density at radius 3 is 2.07 bits per heavy atom. The highest BCUT2D eigenvalue weighted by molar-refractivity contribution is 8.04. The summed E-state index contributed by atoms with van der Waals surface area (Å²) in [7, 11) is 0. The molecular weight excluding hydrogens is 206 g/mol. The average molecular weight is 227 g/mol. The highest BCUT2D eigenvalue weighted by atomic mass is 32.2. The maximum atomic E-state index is 11.8. The number of amides is 1. The zero-order valence-electron chi connectivity index (χ0n) is 10.5. The standard InChI is InChI=1S/C12H21NOS/c1-11(2,3)13-8-9(7-10(13)14)15-12(4,5)6/h7H,8H2,1-6H3. The molecule has 15 heavy (non-hydrogen) atoms. The van der Waals surface area contributed by atoms with Gasteiger partial charge in [-0.1, -0.05) is 20.8 Å². The van der Waals surface area contributed by atoms with Crippen LogP contribution in [0.25, 0.3) is 0 Å². The lowest BCUT2D eigenvalue weighted by molar-refractivity contribution is -0.128. The van der Waals surface area contributed by atoms with Gasteiger partial charge in [0.05, 0.1) is 6.54 Å². The summed E-state index contributed by atoms with van der Waals surface area (Å²) in [6.45, 7) is 13.5. The van der Waals surface area contributed by atoms with Crippen molar-refractivity contribution in [3.63, 3.8) is 0 Å². The van der Waals surface area contributed by atoms with Crippen LogP contribution in [0.1, 0.15) is 41.5 Å². The van der Waals surface area contributed by atoms with Crippen molar-refractivity contribution in [2.24, 2.45) is 0 Å². The van der Waals surface area contributed by atoms with Crippen molar-refractivity contribution in [3.8, 4) is 0 Å². The van der Waals surface area contributed by atoms with Crippen LogP contribution in [0.5, 0.6) is 0 Å². The van der Waals surface area contributed by atoms with Crippen molar-refractivity contribution in [1.29, 1.82) is 0 Å². The third-order valence-corrected chi connectivity index (χ3v) is 3.23. The SMILES string of the molecule is CC(C)(C)SC1=CC(=O)N(C(C)(C)C)C1. The van der Waals surface area contributed by atoms with E-state index in [-0.39, 0.29) is 16.2 Å². The van der Waals surface area contributed by atoms with Gasteiger partial charge in [-0.25, -0.2) is 0 Å². The summed E-state index contributed by atoms with van der Waals surface area (Å²) in [5.41, 5.74) is -0.0756. The second-order valence-corrected chi connectivity index (χ2v) is 7.87. The van der Waals surface area contributed by atoms with Gasteiger partial charge in [-0.2, -0.15) is 0 Å². The Morgan fingerprint density at radius 2 is 1.73 bits per heavy atom. The van der Waals surface area contributed by atoms with Crippen LogP contribution in [0.15, 0.2) is 11.0 Å². The van der Waals surface area contributed by atoms with Gasteiger partial charge in [0.1, 0.15) is 0 Å². The molecule has 0 spiro atoms. The van der Waals surface area contributed by atoms with Crippen LogP contribution in [0.4, 0.5) is 0 Å². The summed E-state index contributed by atoms with van der Waals surface area (Å²) in [4.78, 5) is 14.9. The Hall–Kier alpha value is -0.440. The molecule has 0 saturated carbocycles. The third kappa shape index (κ3) is 3.56. The van der Waals surface area contributed by atoms with Crippen LogP contribution in [0, 0.1) is 0 Å². The number of rotatable bonds is 1. The smallest absolute Gasteiger partial charge is 0.248 e. The van der Waals surface area contributed by atoms with Gasteiger partial charge in [0.15, 0.2) is 0 Å². The molecule has 0 unspecified atom stereocenters. The molecule has 0 aliphatic carbocycles. The quantitative estimate of drug-likeness (QED) is 0.686. The molecule has 0 saturated heterocycles. The lowest BCUT2D eigenvalue weighted by atomic mass is 10.1. The summed E-state index contributed by atoms with van der Waals surface area (Å²) in [5, 5.41) is 0. The molecule has 0 aromatic rings. The largest absolute Gasteiger partial charge is 0.329 e. The van der Waals surface area contributed by atoms with Gasteiger partial charge in [0, 0.05) is 21.3 Å². The maximum absolute atomic E-state index is 11.8. The van der Waals surface area contributed by atoms with Crippen molar-refractivity contribution in [2.75, 3.05) is 6.54 Å². The van der Waals surface area contributed by atoms with Gasteiger partial charge in [-0.05, 0) is 20.8 Å². The summed E-state index contributed by atoms with van der Waals surface area (Å²) in [6, 6.07) is 0. The van der Waals surface area contributed by atoms with E-state index in [1.165, 1.54) is 4.91 Å². The number of nitrogens with zero attached hydrogens (tertiary/aromatic N) is 1. The predicted octanol–water partition coefficient (Wildman–Crippen LogP) is 3.04. The first kappa shape index (κ1) is 12.6. The number of hydrogen-bond donors (Lipinski definition) is 0. The predicted molar refractivity (Wildman–Crippen MR) is 66.9 cm³/mol. The molecule has 1 rings (SSSR count).